The van der Waals surface area contributed by atoms with Gasteiger partial charge in [-0.3, -0.25) is 10.2 Å². The summed E-state index contributed by atoms with van der Waals surface area (Å²) in [6, 6.07) is 9.95. The van der Waals surface area contributed by atoms with Gasteiger partial charge in [0.25, 0.3) is 0 Å². The highest BCUT2D eigenvalue weighted by atomic mass is 16.5. The molecule has 0 aliphatic heterocycles. The van der Waals surface area contributed by atoms with E-state index in [1.165, 1.54) is 13.2 Å². The van der Waals surface area contributed by atoms with Crippen molar-refractivity contribution < 1.29 is 18.7 Å². The summed E-state index contributed by atoms with van der Waals surface area (Å²) in [4.78, 5) is 11.3. The number of nitrogens with two attached hydrogens (primary N) is 1. The number of hydrogen-bond donors (Lipinski definition) is 2. The molecule has 7 nitrogen and oxygen atoms in total. The second kappa shape index (κ2) is 6.45. The number of benzene rings is 1. The second-order valence-corrected chi connectivity index (χ2v) is 4.01. The number of nitriles is 1. The first-order valence-electron chi connectivity index (χ1n) is 5.98. The lowest BCUT2D eigenvalue weighted by molar-refractivity contribution is 0.0921. The van der Waals surface area contributed by atoms with Gasteiger partial charge in [-0.1, -0.05) is 0 Å². The molecule has 0 fully saturated rings. The average molecular weight is 287 g/mol. The van der Waals surface area contributed by atoms with Gasteiger partial charge in [0.15, 0.2) is 17.3 Å². The van der Waals surface area contributed by atoms with Crippen LogP contribution in [0.1, 0.15) is 21.9 Å². The highest BCUT2D eigenvalue weighted by Gasteiger charge is 2.11. The summed E-state index contributed by atoms with van der Waals surface area (Å²) in [5.74, 6) is 5.97. The van der Waals surface area contributed by atoms with Gasteiger partial charge < -0.3 is 13.9 Å². The van der Waals surface area contributed by atoms with E-state index < -0.39 is 5.91 Å². The van der Waals surface area contributed by atoms with E-state index in [2.05, 4.69) is 0 Å². The van der Waals surface area contributed by atoms with Crippen LogP contribution in [0.2, 0.25) is 0 Å². The summed E-state index contributed by atoms with van der Waals surface area (Å²) in [6.07, 6.45) is 0. The smallest absolute Gasteiger partial charge is 0.300 e. The lowest BCUT2D eigenvalue weighted by Crippen LogP contribution is -2.29. The van der Waals surface area contributed by atoms with Gasteiger partial charge in [0.05, 0.1) is 18.7 Å². The van der Waals surface area contributed by atoms with Crippen LogP contribution in [0, 0.1) is 11.3 Å². The largest absolute Gasteiger partial charge is 0.493 e. The Balaban J connectivity index is 2.08. The molecule has 0 unspecified atom stereocenters. The summed E-state index contributed by atoms with van der Waals surface area (Å²) in [5.41, 5.74) is 2.45. The number of furan rings is 1. The first kappa shape index (κ1) is 14.4. The normalized spacial score (nSPS) is 9.76. The summed E-state index contributed by atoms with van der Waals surface area (Å²) in [6.45, 7) is 0.111. The molecule has 0 aliphatic carbocycles. The Kier molecular flexibility index (Phi) is 4.43. The molecule has 2 aromatic rings. The average Bonchev–Trinajstić information content (AvgIpc) is 3.00. The van der Waals surface area contributed by atoms with Gasteiger partial charge in [-0.25, -0.2) is 5.84 Å². The lowest BCUT2D eigenvalue weighted by Gasteiger charge is -2.09. The number of carbonyl (C=O) groups is 1. The number of amides is 1. The quantitative estimate of drug-likeness (QED) is 0.488. The Morgan fingerprint density at radius 1 is 1.38 bits per heavy atom. The van der Waals surface area contributed by atoms with Crippen molar-refractivity contribution in [3.63, 3.8) is 0 Å². The van der Waals surface area contributed by atoms with Gasteiger partial charge in [0.1, 0.15) is 12.4 Å². The number of hydrogen-bond acceptors (Lipinski definition) is 6. The Labute approximate surface area is 120 Å². The highest BCUT2D eigenvalue weighted by Crippen LogP contribution is 2.28. The molecule has 1 aromatic carbocycles. The maximum Gasteiger partial charge on any atom is 0.300 e. The lowest BCUT2D eigenvalue weighted by atomic mass is 10.2. The molecule has 3 N–H and O–H groups in total. The molecule has 1 aromatic heterocycles. The molecule has 2 rings (SSSR count). The zero-order valence-corrected chi connectivity index (χ0v) is 11.3. The van der Waals surface area contributed by atoms with Crippen molar-refractivity contribution >= 4 is 5.91 Å². The van der Waals surface area contributed by atoms with Crippen LogP contribution in [0.3, 0.4) is 0 Å². The zero-order valence-electron chi connectivity index (χ0n) is 11.3. The summed E-state index contributed by atoms with van der Waals surface area (Å²) >= 11 is 0. The molecule has 0 atom stereocenters. The second-order valence-electron chi connectivity index (χ2n) is 4.01. The SMILES string of the molecule is COc1cc(C#N)ccc1OCc1ccc(C(=O)NN)o1. The third kappa shape index (κ3) is 3.32. The van der Waals surface area contributed by atoms with Gasteiger partial charge in [0, 0.05) is 6.07 Å². The number of nitrogen functional groups attached to an aromatic ring is 1. The molecule has 0 aliphatic rings. The molecule has 1 heterocycles. The van der Waals surface area contributed by atoms with Crippen molar-refractivity contribution in [1.82, 2.24) is 5.43 Å². The maximum atomic E-state index is 11.3. The molecule has 0 saturated carbocycles. The molecule has 21 heavy (non-hydrogen) atoms. The predicted octanol–water partition coefficient (Wildman–Crippen LogP) is 1.34. The van der Waals surface area contributed by atoms with Crippen LogP contribution in [0.15, 0.2) is 34.7 Å². The van der Waals surface area contributed by atoms with E-state index >= 15 is 0 Å². The van der Waals surface area contributed by atoms with Crippen molar-refractivity contribution in [3.05, 3.63) is 47.4 Å². The number of ether oxygens (including phenoxy) is 2. The number of carbonyl (C=O) groups excluding carboxylic acids is 1. The molecule has 0 saturated heterocycles. The highest BCUT2D eigenvalue weighted by molar-refractivity contribution is 5.90. The first-order chi connectivity index (χ1) is 10.2. The maximum absolute atomic E-state index is 11.3. The molecule has 0 bridgehead atoms. The third-order valence-electron chi connectivity index (χ3n) is 2.68. The standard InChI is InChI=1S/C14H13N3O4/c1-19-13-6-9(7-15)2-4-11(13)20-8-10-3-5-12(21-10)14(18)17-16/h2-6H,8,16H2,1H3,(H,17,18). The molecule has 1 amide bonds. The number of methoxy groups -OCH3 is 1. The number of nitrogens with one attached hydrogen (secondary N) is 1. The van der Waals surface area contributed by atoms with Gasteiger partial charge >= 0.3 is 5.91 Å². The van der Waals surface area contributed by atoms with E-state index in [-0.39, 0.29) is 12.4 Å². The number of nitrogens with zero attached hydrogens (tertiary/aromatic N) is 1. The van der Waals surface area contributed by atoms with E-state index in [0.717, 1.165) is 0 Å². The van der Waals surface area contributed by atoms with Crippen LogP contribution < -0.4 is 20.7 Å². The van der Waals surface area contributed by atoms with E-state index in [9.17, 15) is 4.79 Å². The minimum absolute atomic E-state index is 0.0999. The van der Waals surface area contributed by atoms with Gasteiger partial charge in [-0.05, 0) is 24.3 Å². The van der Waals surface area contributed by atoms with Crippen molar-refractivity contribution in [2.45, 2.75) is 6.61 Å². The van der Waals surface area contributed by atoms with Crippen LogP contribution in [0.4, 0.5) is 0 Å². The number of hydrazine groups is 1. The Bertz CT molecular complexity index is 688. The van der Waals surface area contributed by atoms with Crippen LogP contribution in [0.5, 0.6) is 11.5 Å². The fourth-order valence-electron chi connectivity index (χ4n) is 1.65. The Morgan fingerprint density at radius 3 is 2.86 bits per heavy atom. The minimum Gasteiger partial charge on any atom is -0.493 e. The molecule has 108 valence electrons. The van der Waals surface area contributed by atoms with Crippen LogP contribution in [0.25, 0.3) is 0 Å². The monoisotopic (exact) mass is 287 g/mol. The van der Waals surface area contributed by atoms with Crippen molar-refractivity contribution in [3.8, 4) is 17.6 Å². The fraction of sp³-hybridized carbons (Fsp3) is 0.143. The van der Waals surface area contributed by atoms with Crippen LogP contribution in [-0.4, -0.2) is 13.0 Å². The first-order valence-corrected chi connectivity index (χ1v) is 5.98. The summed E-state index contributed by atoms with van der Waals surface area (Å²) in [5, 5.41) is 8.83. The van der Waals surface area contributed by atoms with Gasteiger partial charge in [0.2, 0.25) is 0 Å². The Hall–Kier alpha value is -2.98. The molecular formula is C14H13N3O4. The molecular weight excluding hydrogens is 274 g/mol. The van der Waals surface area contributed by atoms with E-state index in [0.29, 0.717) is 22.8 Å². The zero-order chi connectivity index (χ0) is 15.2. The predicted molar refractivity (Wildman–Crippen MR) is 72.4 cm³/mol. The molecule has 0 radical (unpaired) electrons. The topological polar surface area (TPSA) is 111 Å². The molecule has 0 spiro atoms. The Morgan fingerprint density at radius 2 is 2.19 bits per heavy atom. The van der Waals surface area contributed by atoms with Crippen LogP contribution in [-0.2, 0) is 6.61 Å². The van der Waals surface area contributed by atoms with E-state index in [1.54, 1.807) is 24.3 Å². The molecule has 7 heteroatoms. The van der Waals surface area contributed by atoms with E-state index in [1.807, 2.05) is 11.5 Å². The van der Waals surface area contributed by atoms with E-state index in [4.69, 9.17) is 25.0 Å². The third-order valence-corrected chi connectivity index (χ3v) is 2.68. The van der Waals surface area contributed by atoms with Gasteiger partial charge in [-0.15, -0.1) is 0 Å². The van der Waals surface area contributed by atoms with Gasteiger partial charge in [-0.2, -0.15) is 5.26 Å². The number of rotatable bonds is 5. The van der Waals surface area contributed by atoms with Crippen molar-refractivity contribution in [2.24, 2.45) is 5.84 Å². The van der Waals surface area contributed by atoms with Crippen LogP contribution >= 0.6 is 0 Å². The minimum atomic E-state index is -0.516. The summed E-state index contributed by atoms with van der Waals surface area (Å²) in [7, 11) is 1.49. The summed E-state index contributed by atoms with van der Waals surface area (Å²) < 4.78 is 16.0. The fourth-order valence-corrected chi connectivity index (χ4v) is 1.65. The van der Waals surface area contributed by atoms with Crippen molar-refractivity contribution in [2.75, 3.05) is 7.11 Å². The van der Waals surface area contributed by atoms with Crippen molar-refractivity contribution in [1.29, 1.82) is 5.26 Å².